The Labute approximate surface area is 171 Å². The van der Waals surface area contributed by atoms with E-state index in [-0.39, 0.29) is 29.6 Å². The average Bonchev–Trinajstić information content (AvgIpc) is 3.25. The van der Waals surface area contributed by atoms with Crippen LogP contribution in [-0.4, -0.2) is 72.4 Å². The van der Waals surface area contributed by atoms with Crippen molar-refractivity contribution in [2.45, 2.75) is 57.1 Å². The molecule has 1 saturated carbocycles. The van der Waals surface area contributed by atoms with Crippen LogP contribution in [0.5, 0.6) is 0 Å². The smallest absolute Gasteiger partial charge is 0.346 e. The molecule has 0 aromatic heterocycles. The largest absolute Gasteiger partial charge is 0.462 e. The highest BCUT2D eigenvalue weighted by Crippen LogP contribution is 2.46. The number of urea groups is 1. The number of hydrogen-bond acceptors (Lipinski definition) is 5. The Hall–Kier alpha value is -1.99. The fourth-order valence-corrected chi connectivity index (χ4v) is 5.52. The third kappa shape index (κ3) is 3.78. The Morgan fingerprint density at radius 3 is 2.72 bits per heavy atom. The first-order valence-corrected chi connectivity index (χ1v) is 11.1. The number of rotatable bonds is 4. The number of ether oxygens (including phenoxy) is 1. The number of piperazine rings is 1. The van der Waals surface area contributed by atoms with Gasteiger partial charge in [0.15, 0.2) is 0 Å². The van der Waals surface area contributed by atoms with Crippen LogP contribution in [0, 0.1) is 5.41 Å². The topological polar surface area (TPSA) is 74.2 Å². The van der Waals surface area contributed by atoms with E-state index in [0.29, 0.717) is 0 Å². The van der Waals surface area contributed by atoms with Crippen molar-refractivity contribution in [3.05, 3.63) is 23.9 Å². The van der Waals surface area contributed by atoms with Crippen molar-refractivity contribution in [1.29, 1.82) is 0 Å². The van der Waals surface area contributed by atoms with Crippen molar-refractivity contribution < 1.29 is 14.3 Å². The summed E-state index contributed by atoms with van der Waals surface area (Å²) in [6.45, 7) is 5.02. The van der Waals surface area contributed by atoms with Crippen LogP contribution < -0.4 is 5.32 Å². The van der Waals surface area contributed by atoms with E-state index in [2.05, 4.69) is 32.3 Å². The molecule has 5 rings (SSSR count). The fraction of sp³-hybridized carbons (Fsp3) is 0.682. The highest BCUT2D eigenvalue weighted by atomic mass is 16.6. The fourth-order valence-electron chi connectivity index (χ4n) is 5.52. The van der Waals surface area contributed by atoms with Crippen molar-refractivity contribution >= 4 is 17.7 Å². The summed E-state index contributed by atoms with van der Waals surface area (Å²) in [6.07, 6.45) is 13.8. The van der Waals surface area contributed by atoms with Gasteiger partial charge in [0, 0.05) is 45.2 Å². The molecule has 0 aromatic carbocycles. The second-order valence-electron chi connectivity index (χ2n) is 9.10. The lowest BCUT2D eigenvalue weighted by molar-refractivity contribution is -0.150. The van der Waals surface area contributed by atoms with Crippen LogP contribution in [0.3, 0.4) is 0 Å². The number of cyclic esters (lactones) is 1. The first kappa shape index (κ1) is 19.0. The molecule has 2 aliphatic carbocycles. The molecule has 3 heterocycles. The Morgan fingerprint density at radius 2 is 1.93 bits per heavy atom. The average molecular weight is 399 g/mol. The van der Waals surface area contributed by atoms with Gasteiger partial charge >= 0.3 is 12.0 Å². The molecule has 29 heavy (non-hydrogen) atoms. The molecule has 0 bridgehead atoms. The summed E-state index contributed by atoms with van der Waals surface area (Å²) < 4.78 is 5.77. The van der Waals surface area contributed by atoms with Crippen molar-refractivity contribution in [3.8, 4) is 0 Å². The number of aliphatic imine (C=N–C) groups is 1. The molecule has 3 aliphatic heterocycles. The number of carbonyl (C=O) groups is 2. The standard InChI is InChI=1S/C22H30N4O3/c27-20-22(7-2-1-3-8-22)15-17(29-20)6-9-25-10-12-26(13-11-25)16-4-5-18-19(14-16)24-21(28)23-18/h4-5,14,16-17H,1-3,6-13,15H2,(H,24,28). The number of esters is 1. The zero-order valence-corrected chi connectivity index (χ0v) is 16.9. The van der Waals surface area contributed by atoms with Crippen LogP contribution in [0.25, 0.3) is 0 Å². The van der Waals surface area contributed by atoms with Gasteiger partial charge in [0.1, 0.15) is 6.10 Å². The van der Waals surface area contributed by atoms with Gasteiger partial charge in [-0.25, -0.2) is 4.79 Å². The van der Waals surface area contributed by atoms with Crippen molar-refractivity contribution in [3.63, 3.8) is 0 Å². The maximum Gasteiger partial charge on any atom is 0.346 e. The van der Waals surface area contributed by atoms with E-state index in [9.17, 15) is 9.59 Å². The molecule has 5 aliphatic rings. The highest BCUT2D eigenvalue weighted by Gasteiger charge is 2.48. The van der Waals surface area contributed by atoms with E-state index in [1.807, 2.05) is 6.08 Å². The molecule has 2 amide bonds. The number of amides is 2. The lowest BCUT2D eigenvalue weighted by Crippen LogP contribution is -2.50. The summed E-state index contributed by atoms with van der Waals surface area (Å²) in [4.78, 5) is 32.7. The monoisotopic (exact) mass is 398 g/mol. The predicted molar refractivity (Wildman–Crippen MR) is 110 cm³/mol. The predicted octanol–water partition coefficient (Wildman–Crippen LogP) is 2.25. The molecule has 0 radical (unpaired) electrons. The highest BCUT2D eigenvalue weighted by molar-refractivity contribution is 6.19. The number of fused-ring (bicyclic) bond motifs is 1. The third-order valence-electron chi connectivity index (χ3n) is 7.26. The molecule has 0 aromatic rings. The Kier molecular flexibility index (Phi) is 5.04. The molecule has 1 spiro atoms. The summed E-state index contributed by atoms with van der Waals surface area (Å²) in [5.41, 5.74) is 1.43. The quantitative estimate of drug-likeness (QED) is 0.736. The van der Waals surface area contributed by atoms with Gasteiger partial charge in [-0.05, 0) is 31.4 Å². The zero-order valence-electron chi connectivity index (χ0n) is 16.9. The van der Waals surface area contributed by atoms with Gasteiger partial charge in [-0.15, -0.1) is 0 Å². The molecule has 2 unspecified atom stereocenters. The van der Waals surface area contributed by atoms with Gasteiger partial charge in [0.2, 0.25) is 0 Å². The lowest BCUT2D eigenvalue weighted by Gasteiger charge is -2.38. The number of hydrogen-bond donors (Lipinski definition) is 1. The molecule has 7 heteroatoms. The number of nitrogens with zero attached hydrogens (tertiary/aromatic N) is 3. The lowest BCUT2D eigenvalue weighted by atomic mass is 9.72. The molecule has 7 nitrogen and oxygen atoms in total. The zero-order chi connectivity index (χ0) is 19.8. The van der Waals surface area contributed by atoms with Crippen molar-refractivity contribution in [1.82, 2.24) is 15.1 Å². The van der Waals surface area contributed by atoms with Crippen molar-refractivity contribution in [2.24, 2.45) is 10.4 Å². The first-order chi connectivity index (χ1) is 14.1. The summed E-state index contributed by atoms with van der Waals surface area (Å²) in [5.74, 6) is 0.0751. The summed E-state index contributed by atoms with van der Waals surface area (Å²) in [7, 11) is 0. The van der Waals surface area contributed by atoms with Gasteiger partial charge < -0.3 is 15.0 Å². The number of nitrogens with one attached hydrogen (secondary N) is 1. The maximum atomic E-state index is 12.4. The minimum absolute atomic E-state index is 0.0751. The van der Waals surface area contributed by atoms with E-state index in [0.717, 1.165) is 69.8 Å². The molecule has 1 N–H and O–H groups in total. The van der Waals surface area contributed by atoms with Crippen LogP contribution in [0.4, 0.5) is 4.79 Å². The molecular weight excluding hydrogens is 368 g/mol. The van der Waals surface area contributed by atoms with Crippen LogP contribution in [0.1, 0.15) is 44.9 Å². The Bertz CT molecular complexity index is 773. The molecule has 2 saturated heterocycles. The normalized spacial score (nSPS) is 32.0. The molecule has 3 fully saturated rings. The van der Waals surface area contributed by atoms with E-state index in [1.54, 1.807) is 0 Å². The van der Waals surface area contributed by atoms with Crippen LogP contribution in [0.15, 0.2) is 28.9 Å². The number of allylic oxidation sites excluding steroid dienone is 1. The summed E-state index contributed by atoms with van der Waals surface area (Å²) in [5, 5.41) is 2.80. The number of carbonyl (C=O) groups excluding carboxylic acids is 2. The van der Waals surface area contributed by atoms with E-state index < -0.39 is 0 Å². The second-order valence-corrected chi connectivity index (χ2v) is 9.10. The first-order valence-electron chi connectivity index (χ1n) is 11.1. The van der Waals surface area contributed by atoms with Gasteiger partial charge in [-0.3, -0.25) is 9.69 Å². The minimum atomic E-state index is -0.274. The molecule has 156 valence electrons. The van der Waals surface area contributed by atoms with Gasteiger partial charge in [-0.2, -0.15) is 4.99 Å². The van der Waals surface area contributed by atoms with Crippen LogP contribution in [-0.2, 0) is 9.53 Å². The second kappa shape index (κ2) is 7.69. The van der Waals surface area contributed by atoms with Gasteiger partial charge in [0.05, 0.1) is 16.8 Å². The van der Waals surface area contributed by atoms with Gasteiger partial charge in [-0.1, -0.05) is 25.3 Å². The molecular formula is C22H30N4O3. The van der Waals surface area contributed by atoms with E-state index >= 15 is 0 Å². The van der Waals surface area contributed by atoms with Crippen molar-refractivity contribution in [2.75, 3.05) is 32.7 Å². The summed E-state index contributed by atoms with van der Waals surface area (Å²) in [6, 6.07) is -0.0598. The Balaban J connectivity index is 1.08. The van der Waals surface area contributed by atoms with Crippen LogP contribution in [0.2, 0.25) is 0 Å². The summed E-state index contributed by atoms with van der Waals surface area (Å²) >= 11 is 0. The minimum Gasteiger partial charge on any atom is -0.462 e. The molecule has 2 atom stereocenters. The van der Waals surface area contributed by atoms with E-state index in [1.165, 1.54) is 19.3 Å². The van der Waals surface area contributed by atoms with E-state index in [4.69, 9.17) is 4.74 Å². The maximum absolute atomic E-state index is 12.4. The van der Waals surface area contributed by atoms with Crippen LogP contribution >= 0.6 is 0 Å². The SMILES string of the molecule is O=C1N=C2C=CC(N3CCN(CCC4CC5(CCCCC5)C(=O)O4)CC3)C=C2N1. The third-order valence-corrected chi connectivity index (χ3v) is 7.26. The Morgan fingerprint density at radius 1 is 1.14 bits per heavy atom. The van der Waals surface area contributed by atoms with Gasteiger partial charge in [0.25, 0.3) is 0 Å².